The Hall–Kier alpha value is -3.68. The minimum absolute atomic E-state index is 0.0143. The number of aromatic amines is 1. The molecule has 60 heavy (non-hydrogen) atoms. The van der Waals surface area contributed by atoms with E-state index in [0.29, 0.717) is 0 Å². The van der Waals surface area contributed by atoms with Gasteiger partial charge in [0.25, 0.3) is 5.56 Å². The fraction of sp³-hybridized carbons (Fsp3) is 0.700. The number of phosphoric ester groups is 2. The highest BCUT2D eigenvalue weighted by atomic mass is 31.3. The predicted octanol–water partition coefficient (Wildman–Crippen LogP) is -2.02. The second-order valence-electron chi connectivity index (χ2n) is 13.7. The second kappa shape index (κ2) is 23.5. The number of ether oxygens (including phenoxy) is 1. The third-order valence-electron chi connectivity index (χ3n) is 8.77. The van der Waals surface area contributed by atoms with Gasteiger partial charge in [-0.25, -0.2) is 18.7 Å². The van der Waals surface area contributed by atoms with Gasteiger partial charge in [-0.1, -0.05) is 12.8 Å². The van der Waals surface area contributed by atoms with Crippen LogP contribution in [0.1, 0.15) is 64.5 Å². The van der Waals surface area contributed by atoms with Crippen molar-refractivity contribution in [2.75, 3.05) is 25.5 Å². The van der Waals surface area contributed by atoms with Gasteiger partial charge in [-0.05, 0) is 39.0 Å². The van der Waals surface area contributed by atoms with E-state index >= 15 is 0 Å². The molecule has 2 rings (SSSR count). The number of nitrogens with two attached hydrogens (primary N) is 1. The zero-order valence-electron chi connectivity index (χ0n) is 31.9. The average Bonchev–Trinajstić information content (AvgIpc) is 3.41. The number of hydrogen-bond acceptors (Lipinski definition) is 17. The maximum Gasteiger partial charge on any atom is 0.481 e. The number of aliphatic hydroxyl groups is 2. The molecule has 1 aromatic heterocycles. The number of aliphatic hydroxyl groups excluding tert-OH is 2. The third-order valence-corrected chi connectivity index (χ3v) is 13.4. The van der Waals surface area contributed by atoms with Gasteiger partial charge in [-0.3, -0.25) is 47.1 Å². The van der Waals surface area contributed by atoms with Crippen LogP contribution < -0.4 is 27.6 Å². The molecule has 2 amide bonds. The Labute approximate surface area is 339 Å². The van der Waals surface area contributed by atoms with Crippen molar-refractivity contribution < 1.29 is 96.0 Å². The topological polar surface area (TPSA) is 440 Å². The lowest BCUT2D eigenvalue weighted by molar-refractivity contribution is -0.142. The number of aromatic nitrogens is 2. The highest BCUT2D eigenvalue weighted by molar-refractivity contribution is 7.61. The van der Waals surface area contributed by atoms with E-state index in [1.807, 2.05) is 4.98 Å². The van der Waals surface area contributed by atoms with Crippen LogP contribution in [0.4, 0.5) is 0 Å². The Morgan fingerprint density at radius 1 is 0.883 bits per heavy atom. The van der Waals surface area contributed by atoms with E-state index in [1.165, 1.54) is 6.92 Å². The lowest BCUT2D eigenvalue weighted by atomic mass is 10.0. The maximum absolute atomic E-state index is 12.7. The molecule has 11 atom stereocenters. The normalized spacial score (nSPS) is 22.9. The maximum atomic E-state index is 12.7. The van der Waals surface area contributed by atoms with Crippen molar-refractivity contribution in [1.29, 1.82) is 0 Å². The van der Waals surface area contributed by atoms with Crippen LogP contribution in [0, 0.1) is 5.92 Å². The summed E-state index contributed by atoms with van der Waals surface area (Å²) in [7, 11) is -14.9. The van der Waals surface area contributed by atoms with Crippen molar-refractivity contribution in [3.63, 3.8) is 0 Å². The molecule has 2 heterocycles. The Morgan fingerprint density at radius 3 is 2.13 bits per heavy atom. The summed E-state index contributed by atoms with van der Waals surface area (Å²) in [6.45, 7) is -0.270. The molecular formula is C30H50N5O22P3. The molecule has 1 saturated heterocycles. The minimum Gasteiger partial charge on any atom is -0.481 e. The summed E-state index contributed by atoms with van der Waals surface area (Å²) in [4.78, 5) is 115. The number of carbonyl (C=O) groups is 5. The fourth-order valence-corrected chi connectivity index (χ4v) is 9.50. The molecule has 0 radical (unpaired) electrons. The lowest BCUT2D eigenvalue weighted by Gasteiger charge is -2.21. The SMILES string of the molecule is CC(NC(=O)CCCCCOP(=O)(O)OP(=O)(O)OC[C@H]1O[C@@H](n2ccc(=O)[nH]c2=O)[C@H](O)[C@@H]1O)C(=O)NC(CCP(=O)(O)CC(CCCC(N)C(=O)O)C(=O)O)C(=O)O. The Kier molecular flexibility index (Phi) is 20.6. The average molecular weight is 926 g/mol. The van der Waals surface area contributed by atoms with E-state index in [2.05, 4.69) is 24.0 Å². The van der Waals surface area contributed by atoms with Gasteiger partial charge in [0.1, 0.15) is 36.4 Å². The smallest absolute Gasteiger partial charge is 0.481 e. The highest BCUT2D eigenvalue weighted by Crippen LogP contribution is 2.60. The first kappa shape index (κ1) is 52.5. The summed E-state index contributed by atoms with van der Waals surface area (Å²) in [6, 6.07) is -3.28. The van der Waals surface area contributed by atoms with Crippen LogP contribution in [0.15, 0.2) is 21.9 Å². The number of aliphatic carboxylic acids is 3. The van der Waals surface area contributed by atoms with Crippen LogP contribution >= 0.6 is 23.0 Å². The molecular weight excluding hydrogens is 875 g/mol. The van der Waals surface area contributed by atoms with Crippen LogP contribution in [0.25, 0.3) is 0 Å². The van der Waals surface area contributed by atoms with Crippen molar-refractivity contribution in [2.24, 2.45) is 11.7 Å². The van der Waals surface area contributed by atoms with Crippen LogP contribution in [0.3, 0.4) is 0 Å². The van der Waals surface area contributed by atoms with E-state index in [9.17, 15) is 82.4 Å². The van der Waals surface area contributed by atoms with E-state index < -0.39 is 145 Å². The number of carboxylic acids is 3. The van der Waals surface area contributed by atoms with E-state index in [1.54, 1.807) is 0 Å². The van der Waals surface area contributed by atoms with Crippen molar-refractivity contribution >= 4 is 52.7 Å². The number of carbonyl (C=O) groups excluding carboxylic acids is 2. The fourth-order valence-electron chi connectivity index (χ4n) is 5.51. The summed E-state index contributed by atoms with van der Waals surface area (Å²) >= 11 is 0. The number of H-pyrrole nitrogens is 1. The van der Waals surface area contributed by atoms with Crippen molar-refractivity contribution in [3.8, 4) is 0 Å². The summed E-state index contributed by atoms with van der Waals surface area (Å²) in [5, 5.41) is 52.8. The van der Waals surface area contributed by atoms with Crippen LogP contribution in [0.5, 0.6) is 0 Å². The van der Waals surface area contributed by atoms with Crippen LogP contribution in [-0.2, 0) is 55.8 Å². The number of hydrogen-bond donors (Lipinski definition) is 12. The summed E-state index contributed by atoms with van der Waals surface area (Å²) in [6.07, 6.45) is -7.72. The summed E-state index contributed by atoms with van der Waals surface area (Å²) in [5.41, 5.74) is 3.63. The molecule has 27 nitrogen and oxygen atoms in total. The molecule has 342 valence electrons. The number of carboxylic acid groups (broad SMARTS) is 3. The predicted molar refractivity (Wildman–Crippen MR) is 200 cm³/mol. The first-order chi connectivity index (χ1) is 27.7. The van der Waals surface area contributed by atoms with E-state index in [0.717, 1.165) is 16.8 Å². The molecule has 1 aliphatic heterocycles. The number of unbranched alkanes of at least 4 members (excludes halogenated alkanes) is 2. The van der Waals surface area contributed by atoms with Gasteiger partial charge >= 0.3 is 39.2 Å². The number of amides is 2. The van der Waals surface area contributed by atoms with Crippen molar-refractivity contribution in [1.82, 2.24) is 20.2 Å². The van der Waals surface area contributed by atoms with Crippen molar-refractivity contribution in [3.05, 3.63) is 33.1 Å². The first-order valence-electron chi connectivity index (χ1n) is 18.1. The largest absolute Gasteiger partial charge is 0.481 e. The highest BCUT2D eigenvalue weighted by Gasteiger charge is 2.46. The Bertz CT molecular complexity index is 1930. The van der Waals surface area contributed by atoms with Gasteiger partial charge in [-0.2, -0.15) is 4.31 Å². The zero-order valence-corrected chi connectivity index (χ0v) is 34.6. The quantitative estimate of drug-likeness (QED) is 0.0319. The van der Waals surface area contributed by atoms with Gasteiger partial charge in [0.15, 0.2) is 6.23 Å². The third kappa shape index (κ3) is 18.1. The number of nitrogens with zero attached hydrogens (tertiary/aromatic N) is 1. The molecule has 13 N–H and O–H groups in total. The van der Waals surface area contributed by atoms with Gasteiger partial charge in [0.05, 0.1) is 19.1 Å². The molecule has 0 bridgehead atoms. The number of nitrogens with one attached hydrogen (secondary N) is 3. The molecule has 0 saturated carbocycles. The monoisotopic (exact) mass is 925 g/mol. The van der Waals surface area contributed by atoms with E-state index in [4.69, 9.17) is 15.6 Å². The number of rotatable bonds is 28. The summed E-state index contributed by atoms with van der Waals surface area (Å²) < 4.78 is 56.7. The molecule has 1 aromatic rings. The molecule has 1 aliphatic rings. The second-order valence-corrected chi connectivity index (χ2v) is 19.2. The standard InChI is InChI=1S/C30H50N5O22P3/c1-16(25(40)33-19(29(45)46)10-13-58(48,49)15-17(27(41)42)6-5-7-18(31)28(43)44)32-21(36)8-3-2-4-12-54-59(50,51)57-60(52,53)55-14-20-23(38)24(39)26(56-20)35-11-9-22(37)34-30(35)47/h9,11,16-20,23-24,26,38-39H,2-8,10,12-15,31H2,1H3,(H,32,36)(H,33,40)(H,41,42)(H,43,44)(H,45,46)(H,48,49)(H,50,51)(H,52,53)(H,34,37,47)/t16?,17?,18?,19?,20-,23-,24-,26-/m1/s1. The molecule has 30 heteroatoms. The zero-order chi connectivity index (χ0) is 45.6. The van der Waals surface area contributed by atoms with Gasteiger partial charge < -0.3 is 61.3 Å². The van der Waals surface area contributed by atoms with Crippen LogP contribution in [-0.4, -0.2) is 141 Å². The number of phosphoric acid groups is 2. The molecule has 7 unspecified atom stereocenters. The van der Waals surface area contributed by atoms with Gasteiger partial charge in [-0.15, -0.1) is 0 Å². The molecule has 0 spiro atoms. The minimum atomic E-state index is -5.37. The molecule has 0 aromatic carbocycles. The Balaban J connectivity index is 1.72. The van der Waals surface area contributed by atoms with E-state index in [-0.39, 0.29) is 44.9 Å². The lowest BCUT2D eigenvalue weighted by Crippen LogP contribution is -2.50. The molecule has 0 aliphatic carbocycles. The van der Waals surface area contributed by atoms with Crippen molar-refractivity contribution in [2.45, 2.75) is 101 Å². The Morgan fingerprint density at radius 2 is 1.53 bits per heavy atom. The van der Waals surface area contributed by atoms with Gasteiger partial charge in [0, 0.05) is 31.0 Å². The molecule has 1 fully saturated rings. The van der Waals surface area contributed by atoms with Gasteiger partial charge in [0.2, 0.25) is 19.2 Å². The van der Waals surface area contributed by atoms with Crippen LogP contribution in [0.2, 0.25) is 0 Å². The summed E-state index contributed by atoms with van der Waals surface area (Å²) in [5.74, 6) is -7.26. The first-order valence-corrected chi connectivity index (χ1v) is 23.1.